The summed E-state index contributed by atoms with van der Waals surface area (Å²) in [6, 6.07) is 22.2. The Labute approximate surface area is 220 Å². The van der Waals surface area contributed by atoms with Crippen molar-refractivity contribution in [1.29, 1.82) is 0 Å². The lowest BCUT2D eigenvalue weighted by Crippen LogP contribution is -2.15. The van der Waals surface area contributed by atoms with E-state index in [1.165, 1.54) is 18.2 Å². The summed E-state index contributed by atoms with van der Waals surface area (Å²) in [4.78, 5) is 47.5. The normalized spacial score (nSPS) is 10.5. The van der Waals surface area contributed by atoms with Gasteiger partial charge in [-0.25, -0.2) is 0 Å². The van der Waals surface area contributed by atoms with E-state index >= 15 is 0 Å². The molecule has 2 amide bonds. The minimum absolute atomic E-state index is 0.151. The first kappa shape index (κ1) is 26.0. The fourth-order valence-corrected chi connectivity index (χ4v) is 4.10. The van der Waals surface area contributed by atoms with Crippen molar-refractivity contribution in [3.8, 4) is 16.9 Å². The highest BCUT2D eigenvalue weighted by atomic mass is 16.3. The van der Waals surface area contributed by atoms with Crippen molar-refractivity contribution in [2.45, 2.75) is 20.3 Å². The summed E-state index contributed by atoms with van der Waals surface area (Å²) < 4.78 is 0. The van der Waals surface area contributed by atoms with E-state index in [1.54, 1.807) is 30.3 Å². The van der Waals surface area contributed by atoms with E-state index in [1.807, 2.05) is 44.2 Å². The molecule has 3 N–H and O–H groups in total. The van der Waals surface area contributed by atoms with Crippen LogP contribution in [0.15, 0.2) is 78.9 Å². The Kier molecular flexibility index (Phi) is 7.77. The van der Waals surface area contributed by atoms with Crippen molar-refractivity contribution in [2.24, 2.45) is 0 Å². The lowest BCUT2D eigenvalue weighted by Gasteiger charge is -2.13. The van der Waals surface area contributed by atoms with E-state index in [2.05, 4.69) is 10.6 Å². The van der Waals surface area contributed by atoms with Gasteiger partial charge >= 0.3 is 0 Å². The van der Waals surface area contributed by atoms with Crippen LogP contribution in [-0.2, 0) is 11.2 Å². The highest BCUT2D eigenvalue weighted by Gasteiger charge is 2.12. The molecular weight excluding hydrogens is 480 g/mol. The maximum absolute atomic E-state index is 12.8. The average molecular weight is 507 g/mol. The van der Waals surface area contributed by atoms with E-state index < -0.39 is 5.91 Å². The van der Waals surface area contributed by atoms with E-state index in [0.717, 1.165) is 27.8 Å². The number of aldehydes is 2. The van der Waals surface area contributed by atoms with Crippen molar-refractivity contribution >= 4 is 35.8 Å². The van der Waals surface area contributed by atoms with Gasteiger partial charge in [-0.05, 0) is 96.3 Å². The third-order valence-corrected chi connectivity index (χ3v) is 6.12. The number of anilines is 2. The van der Waals surface area contributed by atoms with Crippen molar-refractivity contribution in [2.75, 3.05) is 10.6 Å². The van der Waals surface area contributed by atoms with Crippen molar-refractivity contribution < 1.29 is 24.3 Å². The number of hydrogen-bond acceptors (Lipinski definition) is 5. The Balaban J connectivity index is 1.46. The van der Waals surface area contributed by atoms with Crippen LogP contribution < -0.4 is 10.6 Å². The second-order valence-electron chi connectivity index (χ2n) is 9.03. The molecule has 0 aromatic heterocycles. The minimum atomic E-state index is -0.420. The molecule has 0 aliphatic rings. The first-order valence-corrected chi connectivity index (χ1v) is 11.9. The van der Waals surface area contributed by atoms with Gasteiger partial charge in [0.05, 0.1) is 6.42 Å². The number of aryl methyl sites for hydroxylation is 2. The lowest BCUT2D eigenvalue weighted by molar-refractivity contribution is -0.115. The third kappa shape index (κ3) is 6.20. The van der Waals surface area contributed by atoms with Gasteiger partial charge in [-0.3, -0.25) is 19.2 Å². The molecule has 38 heavy (non-hydrogen) atoms. The van der Waals surface area contributed by atoms with Gasteiger partial charge in [-0.2, -0.15) is 0 Å². The van der Waals surface area contributed by atoms with E-state index in [-0.39, 0.29) is 34.8 Å². The standard InChI is InChI=1S/C31H26N2O5/c1-19-11-24(5-9-28(19)32-30(37)16-21-3-7-27(36)8-4-21)25-6-10-29(20(2)12-25)33-31(38)26-14-22(17-34)13-23(15-26)18-35/h3-15,17-18,36H,16H2,1-2H3,(H,32,37)(H,33,38). The number of carbonyl (C=O) groups excluding carboxylic acids is 4. The number of phenols is 1. The molecule has 7 nitrogen and oxygen atoms in total. The number of benzene rings is 4. The Hall–Kier alpha value is -5.04. The largest absolute Gasteiger partial charge is 0.508 e. The van der Waals surface area contributed by atoms with Crippen LogP contribution in [0.25, 0.3) is 11.1 Å². The maximum Gasteiger partial charge on any atom is 0.255 e. The summed E-state index contributed by atoms with van der Waals surface area (Å²) in [5, 5.41) is 15.2. The number of rotatable bonds is 8. The zero-order valence-electron chi connectivity index (χ0n) is 20.9. The summed E-state index contributed by atoms with van der Waals surface area (Å²) in [6.07, 6.45) is 1.39. The van der Waals surface area contributed by atoms with Crippen LogP contribution in [0.3, 0.4) is 0 Å². The second-order valence-corrected chi connectivity index (χ2v) is 9.03. The van der Waals surface area contributed by atoms with Gasteiger partial charge in [0.25, 0.3) is 5.91 Å². The SMILES string of the molecule is Cc1cc(-c2ccc(NC(=O)c3cc(C=O)cc(C=O)c3)c(C)c2)ccc1NC(=O)Cc1ccc(O)cc1. The molecule has 0 atom stereocenters. The first-order valence-electron chi connectivity index (χ1n) is 11.9. The number of phenolic OH excluding ortho intramolecular Hbond substituents is 1. The van der Waals surface area contributed by atoms with Crippen LogP contribution in [0.5, 0.6) is 5.75 Å². The van der Waals surface area contributed by atoms with Crippen LogP contribution in [0.1, 0.15) is 47.8 Å². The molecule has 0 radical (unpaired) electrons. The molecule has 0 spiro atoms. The monoisotopic (exact) mass is 506 g/mol. The van der Waals surface area contributed by atoms with Gasteiger partial charge in [-0.15, -0.1) is 0 Å². The topological polar surface area (TPSA) is 113 Å². The van der Waals surface area contributed by atoms with Crippen LogP contribution >= 0.6 is 0 Å². The van der Waals surface area contributed by atoms with Gasteiger partial charge in [0.2, 0.25) is 5.91 Å². The lowest BCUT2D eigenvalue weighted by atomic mass is 9.99. The fourth-order valence-electron chi connectivity index (χ4n) is 4.10. The van der Waals surface area contributed by atoms with Gasteiger partial charge < -0.3 is 15.7 Å². The van der Waals surface area contributed by atoms with E-state index in [0.29, 0.717) is 23.9 Å². The Bertz CT molecular complexity index is 1510. The number of amides is 2. The molecule has 0 saturated heterocycles. The highest BCUT2D eigenvalue weighted by molar-refractivity contribution is 6.06. The molecule has 0 fully saturated rings. The second kappa shape index (κ2) is 11.3. The van der Waals surface area contributed by atoms with Crippen LogP contribution in [0.2, 0.25) is 0 Å². The van der Waals surface area contributed by atoms with Crippen molar-refractivity contribution in [1.82, 2.24) is 0 Å². The molecule has 0 aliphatic carbocycles. The minimum Gasteiger partial charge on any atom is -0.508 e. The molecule has 0 bridgehead atoms. The van der Waals surface area contributed by atoms with E-state index in [4.69, 9.17) is 0 Å². The predicted octanol–water partition coefficient (Wildman–Crippen LogP) is 5.73. The fraction of sp³-hybridized carbons (Fsp3) is 0.0968. The molecule has 0 aliphatic heterocycles. The molecular formula is C31H26N2O5. The molecule has 0 saturated carbocycles. The molecule has 4 rings (SSSR count). The van der Waals surface area contributed by atoms with Gasteiger partial charge in [0.15, 0.2) is 0 Å². The van der Waals surface area contributed by atoms with Gasteiger partial charge in [0, 0.05) is 28.1 Å². The summed E-state index contributed by atoms with van der Waals surface area (Å²) in [5.41, 5.74) is 6.48. The van der Waals surface area contributed by atoms with E-state index in [9.17, 15) is 24.3 Å². The molecule has 0 heterocycles. The summed E-state index contributed by atoms with van der Waals surface area (Å²) in [6.45, 7) is 3.80. The quantitative estimate of drug-likeness (QED) is 0.264. The number of nitrogens with one attached hydrogen (secondary N) is 2. The Morgan fingerprint density at radius 3 is 1.74 bits per heavy atom. The molecule has 7 heteroatoms. The summed E-state index contributed by atoms with van der Waals surface area (Å²) in [5.74, 6) is -0.416. The van der Waals surface area contributed by atoms with Crippen molar-refractivity contribution in [3.05, 3.63) is 112 Å². The number of aromatic hydroxyl groups is 1. The Morgan fingerprint density at radius 1 is 0.711 bits per heavy atom. The number of carbonyl (C=O) groups is 4. The molecule has 190 valence electrons. The van der Waals surface area contributed by atoms with Crippen LogP contribution in [0.4, 0.5) is 11.4 Å². The van der Waals surface area contributed by atoms with Crippen LogP contribution in [-0.4, -0.2) is 29.5 Å². The summed E-state index contributed by atoms with van der Waals surface area (Å²) in [7, 11) is 0. The molecule has 0 unspecified atom stereocenters. The number of hydrogen-bond donors (Lipinski definition) is 3. The third-order valence-electron chi connectivity index (χ3n) is 6.12. The zero-order chi connectivity index (χ0) is 27.2. The van der Waals surface area contributed by atoms with Gasteiger partial charge in [-0.1, -0.05) is 24.3 Å². The summed E-state index contributed by atoms with van der Waals surface area (Å²) >= 11 is 0. The molecule has 4 aromatic carbocycles. The molecule has 4 aromatic rings. The maximum atomic E-state index is 12.8. The predicted molar refractivity (Wildman–Crippen MR) is 147 cm³/mol. The highest BCUT2D eigenvalue weighted by Crippen LogP contribution is 2.28. The van der Waals surface area contributed by atoms with Gasteiger partial charge in [0.1, 0.15) is 18.3 Å². The smallest absolute Gasteiger partial charge is 0.255 e. The van der Waals surface area contributed by atoms with Crippen molar-refractivity contribution in [3.63, 3.8) is 0 Å². The van der Waals surface area contributed by atoms with Crippen LogP contribution in [0, 0.1) is 13.8 Å². The zero-order valence-corrected chi connectivity index (χ0v) is 20.9. The first-order chi connectivity index (χ1) is 18.2. The Morgan fingerprint density at radius 2 is 1.24 bits per heavy atom. The average Bonchev–Trinajstić information content (AvgIpc) is 2.91.